The Morgan fingerprint density at radius 1 is 1.43 bits per heavy atom. The van der Waals surface area contributed by atoms with Crippen LogP contribution in [0.5, 0.6) is 0 Å². The van der Waals surface area contributed by atoms with Crippen LogP contribution in [0.3, 0.4) is 0 Å². The molecule has 2 saturated heterocycles. The lowest BCUT2D eigenvalue weighted by atomic mass is 10.2. The Morgan fingerprint density at radius 2 is 2.14 bits per heavy atom. The number of carboxylic acids is 1. The molecule has 0 aliphatic carbocycles. The van der Waals surface area contributed by atoms with Gasteiger partial charge in [-0.1, -0.05) is 0 Å². The number of urea groups is 1. The fraction of sp³-hybridized carbons (Fsp3) is 0.833. The van der Waals surface area contributed by atoms with Crippen LogP contribution in [-0.2, 0) is 14.6 Å². The van der Waals surface area contributed by atoms with Crippen LogP contribution in [-0.4, -0.2) is 84.0 Å². The predicted molar refractivity (Wildman–Crippen MR) is 80.3 cm³/mol. The lowest BCUT2D eigenvalue weighted by molar-refractivity contribution is -0.138. The number of carbonyl (C=O) groups excluding carboxylic acids is 1. The molecular weight excluding hydrogens is 316 g/mol. The van der Waals surface area contributed by atoms with Gasteiger partial charge in [0, 0.05) is 31.1 Å². The zero-order valence-corrected chi connectivity index (χ0v) is 13.5. The highest BCUT2D eigenvalue weighted by atomic mass is 32.2. The molecule has 2 atom stereocenters. The zero-order valence-electron chi connectivity index (χ0n) is 11.9. The summed E-state index contributed by atoms with van der Waals surface area (Å²) in [4.78, 5) is 26.5. The topological polar surface area (TPSA) is 95.0 Å². The number of amides is 2. The third-order valence-corrected chi connectivity index (χ3v) is 6.78. The van der Waals surface area contributed by atoms with Crippen molar-refractivity contribution in [2.45, 2.75) is 24.9 Å². The maximum absolute atomic E-state index is 12.5. The summed E-state index contributed by atoms with van der Waals surface area (Å²) < 4.78 is 23.0. The number of carbonyl (C=O) groups is 2. The highest BCUT2D eigenvalue weighted by Gasteiger charge is 2.37. The van der Waals surface area contributed by atoms with Crippen molar-refractivity contribution in [2.75, 3.05) is 36.6 Å². The van der Waals surface area contributed by atoms with Crippen LogP contribution in [0.15, 0.2) is 0 Å². The predicted octanol–water partition coefficient (Wildman–Crippen LogP) is 0.117. The van der Waals surface area contributed by atoms with Crippen LogP contribution in [0.25, 0.3) is 0 Å². The average Bonchev–Trinajstić information content (AvgIpc) is 2.77. The summed E-state index contributed by atoms with van der Waals surface area (Å²) in [6.45, 7) is 0.505. The smallest absolute Gasteiger partial charge is 0.320 e. The van der Waals surface area contributed by atoms with Gasteiger partial charge in [0.25, 0.3) is 0 Å². The third kappa shape index (κ3) is 4.03. The van der Waals surface area contributed by atoms with E-state index < -0.39 is 15.8 Å². The highest BCUT2D eigenvalue weighted by Crippen LogP contribution is 2.23. The molecule has 0 bridgehead atoms. The molecule has 21 heavy (non-hydrogen) atoms. The lowest BCUT2D eigenvalue weighted by Gasteiger charge is -2.38. The molecule has 2 heterocycles. The highest BCUT2D eigenvalue weighted by molar-refractivity contribution is 7.99. The summed E-state index contributed by atoms with van der Waals surface area (Å²) in [6, 6.07) is -0.889. The van der Waals surface area contributed by atoms with Crippen LogP contribution < -0.4 is 0 Å². The van der Waals surface area contributed by atoms with E-state index >= 15 is 0 Å². The second-order valence-corrected chi connectivity index (χ2v) is 8.85. The molecule has 0 aromatic heterocycles. The summed E-state index contributed by atoms with van der Waals surface area (Å²) >= 11 is 1.64. The van der Waals surface area contributed by atoms with Crippen LogP contribution in [0.2, 0.25) is 0 Å². The quantitative estimate of drug-likeness (QED) is 0.786. The number of hydrogen-bond acceptors (Lipinski definition) is 5. The van der Waals surface area contributed by atoms with E-state index in [0.717, 1.165) is 5.75 Å². The van der Waals surface area contributed by atoms with Gasteiger partial charge in [-0.25, -0.2) is 13.2 Å². The Hall–Kier alpha value is -0.960. The largest absolute Gasteiger partial charge is 0.481 e. The number of nitrogens with zero attached hydrogens (tertiary/aromatic N) is 2. The Morgan fingerprint density at radius 3 is 2.71 bits per heavy atom. The van der Waals surface area contributed by atoms with E-state index in [0.29, 0.717) is 18.7 Å². The van der Waals surface area contributed by atoms with Crippen molar-refractivity contribution in [3.8, 4) is 0 Å². The fourth-order valence-electron chi connectivity index (χ4n) is 2.72. The second kappa shape index (κ2) is 6.43. The SMILES string of the molecule is CN(C(=O)N1CCSCC1CC(=O)O)C1CCS(=O)(=O)C1. The van der Waals surface area contributed by atoms with Gasteiger partial charge in [0.1, 0.15) is 0 Å². The van der Waals surface area contributed by atoms with Gasteiger partial charge in [-0.15, -0.1) is 0 Å². The van der Waals surface area contributed by atoms with Gasteiger partial charge in [0.05, 0.1) is 24.0 Å². The molecule has 0 radical (unpaired) electrons. The summed E-state index contributed by atoms with van der Waals surface area (Å²) in [6.07, 6.45) is 0.381. The summed E-state index contributed by atoms with van der Waals surface area (Å²) in [5.74, 6) is 0.574. The average molecular weight is 336 g/mol. The summed E-state index contributed by atoms with van der Waals surface area (Å²) in [5.41, 5.74) is 0. The molecule has 2 unspecified atom stereocenters. The van der Waals surface area contributed by atoms with Gasteiger partial charge in [-0.3, -0.25) is 4.79 Å². The maximum Gasteiger partial charge on any atom is 0.320 e. The molecule has 1 N–H and O–H groups in total. The number of aliphatic carboxylic acids is 1. The molecule has 2 fully saturated rings. The van der Waals surface area contributed by atoms with E-state index in [2.05, 4.69) is 0 Å². The number of hydrogen-bond donors (Lipinski definition) is 1. The molecule has 0 saturated carbocycles. The van der Waals surface area contributed by atoms with Crippen LogP contribution in [0, 0.1) is 0 Å². The molecule has 9 heteroatoms. The van der Waals surface area contributed by atoms with E-state index in [4.69, 9.17) is 5.11 Å². The monoisotopic (exact) mass is 336 g/mol. The van der Waals surface area contributed by atoms with Crippen molar-refractivity contribution in [2.24, 2.45) is 0 Å². The van der Waals surface area contributed by atoms with Crippen LogP contribution in [0.1, 0.15) is 12.8 Å². The fourth-order valence-corrected chi connectivity index (χ4v) is 5.55. The van der Waals surface area contributed by atoms with Crippen molar-refractivity contribution in [1.29, 1.82) is 0 Å². The molecule has 7 nitrogen and oxygen atoms in total. The van der Waals surface area contributed by atoms with Gasteiger partial charge in [-0.2, -0.15) is 11.8 Å². The molecular formula is C12H20N2O5S2. The Balaban J connectivity index is 2.04. The first-order valence-electron chi connectivity index (χ1n) is 6.83. The van der Waals surface area contributed by atoms with Gasteiger partial charge in [-0.05, 0) is 6.42 Å². The normalized spacial score (nSPS) is 28.3. The number of thioether (sulfide) groups is 1. The lowest BCUT2D eigenvalue weighted by Crippen LogP contribution is -2.54. The van der Waals surface area contributed by atoms with Crippen molar-refractivity contribution in [3.05, 3.63) is 0 Å². The molecule has 0 spiro atoms. The van der Waals surface area contributed by atoms with Gasteiger partial charge < -0.3 is 14.9 Å². The minimum Gasteiger partial charge on any atom is -0.481 e. The number of rotatable bonds is 3. The molecule has 2 rings (SSSR count). The first-order chi connectivity index (χ1) is 9.80. The minimum absolute atomic E-state index is 0.00142. The van der Waals surface area contributed by atoms with E-state index in [-0.39, 0.29) is 36.0 Å². The summed E-state index contributed by atoms with van der Waals surface area (Å²) in [7, 11) is -1.44. The standard InChI is InChI=1S/C12H20N2O5S2/c1-13(9-2-5-21(18,19)8-9)12(17)14-3-4-20-7-10(14)6-11(15)16/h9-10H,2-8H2,1H3,(H,15,16). The molecule has 2 aliphatic rings. The molecule has 120 valence electrons. The maximum atomic E-state index is 12.5. The third-order valence-electron chi connectivity index (χ3n) is 3.94. The Kier molecular flexibility index (Phi) is 5.03. The zero-order chi connectivity index (χ0) is 15.6. The number of carboxylic acid groups (broad SMARTS) is 1. The van der Waals surface area contributed by atoms with Crippen molar-refractivity contribution in [3.63, 3.8) is 0 Å². The molecule has 0 aromatic rings. The molecule has 2 aliphatic heterocycles. The Labute approximate surface area is 128 Å². The van der Waals surface area contributed by atoms with Crippen LogP contribution >= 0.6 is 11.8 Å². The summed E-state index contributed by atoms with van der Waals surface area (Å²) in [5, 5.41) is 8.94. The van der Waals surface area contributed by atoms with Crippen LogP contribution in [0.4, 0.5) is 4.79 Å². The molecule has 0 aromatic carbocycles. The van der Waals surface area contributed by atoms with Crippen molar-refractivity contribution in [1.82, 2.24) is 9.80 Å². The first-order valence-corrected chi connectivity index (χ1v) is 9.81. The van der Waals surface area contributed by atoms with Gasteiger partial charge in [0.15, 0.2) is 9.84 Å². The minimum atomic E-state index is -3.05. The number of sulfone groups is 1. The Bertz CT molecular complexity index is 522. The van der Waals surface area contributed by atoms with Gasteiger partial charge in [0.2, 0.25) is 0 Å². The van der Waals surface area contributed by atoms with E-state index in [1.807, 2.05) is 0 Å². The van der Waals surface area contributed by atoms with Gasteiger partial charge >= 0.3 is 12.0 Å². The first kappa shape index (κ1) is 16.4. The van der Waals surface area contributed by atoms with E-state index in [1.165, 1.54) is 4.90 Å². The second-order valence-electron chi connectivity index (χ2n) is 5.47. The van der Waals surface area contributed by atoms with Crippen molar-refractivity contribution >= 4 is 33.6 Å². The van der Waals surface area contributed by atoms with E-state index in [1.54, 1.807) is 23.7 Å². The van der Waals surface area contributed by atoms with Crippen molar-refractivity contribution < 1.29 is 23.1 Å². The molecule has 2 amide bonds. The van der Waals surface area contributed by atoms with E-state index in [9.17, 15) is 18.0 Å².